The number of carbonyl (C=O) groups excluding carboxylic acids is 1. The van der Waals surface area contributed by atoms with E-state index in [1.165, 1.54) is 0 Å². The maximum absolute atomic E-state index is 12.3. The Morgan fingerprint density at radius 3 is 2.10 bits per heavy atom. The molecule has 1 aromatic carbocycles. The van der Waals surface area contributed by atoms with Gasteiger partial charge in [-0.05, 0) is 42.5 Å². The topological polar surface area (TPSA) is 66.4 Å². The average molecular weight is 340 g/mol. The molecule has 4 nitrogen and oxygen atoms in total. The molecule has 0 aromatic heterocycles. The fraction of sp³-hybridized carbons (Fsp3) is 0.467. The van der Waals surface area contributed by atoms with Gasteiger partial charge in [0.2, 0.25) is 5.91 Å². The number of nitrogens with one attached hydrogen (secondary N) is 1. The van der Waals surface area contributed by atoms with E-state index in [1.54, 1.807) is 0 Å². The maximum atomic E-state index is 12.3. The first kappa shape index (κ1) is 15.0. The zero-order valence-electron chi connectivity index (χ0n) is 12.0. The van der Waals surface area contributed by atoms with Crippen LogP contribution in [0.4, 0.5) is 5.69 Å². The number of amides is 1. The number of aliphatic carboxylic acids is 1. The van der Waals surface area contributed by atoms with Crippen molar-refractivity contribution in [1.82, 2.24) is 0 Å². The summed E-state index contributed by atoms with van der Waals surface area (Å²) in [7, 11) is 0. The minimum absolute atomic E-state index is 0.212. The molecule has 5 heteroatoms. The summed E-state index contributed by atoms with van der Waals surface area (Å²) in [5.74, 6) is -2.18. The molecule has 0 saturated heterocycles. The number of benzene rings is 1. The van der Waals surface area contributed by atoms with E-state index in [9.17, 15) is 9.59 Å². The summed E-state index contributed by atoms with van der Waals surface area (Å²) in [5, 5.41) is 12.0. The smallest absolute Gasteiger partial charge is 0.307 e. The molecule has 1 fully saturated rings. The van der Waals surface area contributed by atoms with Crippen LogP contribution in [0.1, 0.15) is 25.0 Å². The molecule has 20 heavy (non-hydrogen) atoms. The van der Waals surface area contributed by atoms with E-state index in [-0.39, 0.29) is 5.91 Å². The number of hydrogen-bond acceptors (Lipinski definition) is 2. The first-order valence-corrected chi connectivity index (χ1v) is 7.26. The van der Waals surface area contributed by atoms with Crippen LogP contribution in [0.25, 0.3) is 0 Å². The summed E-state index contributed by atoms with van der Waals surface area (Å²) >= 11 is 3.41. The van der Waals surface area contributed by atoms with Crippen LogP contribution >= 0.6 is 15.9 Å². The summed E-state index contributed by atoms with van der Waals surface area (Å²) in [6, 6.07) is 3.85. The number of aryl methyl sites for hydroxylation is 2. The molecule has 0 unspecified atom stereocenters. The van der Waals surface area contributed by atoms with Gasteiger partial charge in [0.05, 0.1) is 11.8 Å². The third-order valence-electron chi connectivity index (χ3n) is 4.12. The number of carboxylic acids is 1. The standard InChI is InChI=1S/C15H18BrNO3/c1-7-5-9(16)6-8(2)12(7)17-13(18)10-11(14(19)20)15(10,3)4/h5-6,10-11H,1-4H3,(H,17,18)(H,19,20)/t10-,11+/m1/s1. The molecule has 2 rings (SSSR count). The minimum atomic E-state index is -0.903. The van der Waals surface area contributed by atoms with Crippen molar-refractivity contribution in [3.05, 3.63) is 27.7 Å². The highest BCUT2D eigenvalue weighted by Gasteiger charge is 2.65. The summed E-state index contributed by atoms with van der Waals surface area (Å²) in [4.78, 5) is 23.4. The van der Waals surface area contributed by atoms with Crippen molar-refractivity contribution < 1.29 is 14.7 Å². The number of hydrogen-bond donors (Lipinski definition) is 2. The molecule has 1 aliphatic carbocycles. The number of carboxylic acid groups (broad SMARTS) is 1. The van der Waals surface area contributed by atoms with Crippen LogP contribution in [0.15, 0.2) is 16.6 Å². The van der Waals surface area contributed by atoms with Crippen LogP contribution in [-0.2, 0) is 9.59 Å². The van der Waals surface area contributed by atoms with Gasteiger partial charge in [0, 0.05) is 10.2 Å². The molecule has 1 saturated carbocycles. The molecule has 2 N–H and O–H groups in total. The molecule has 1 amide bonds. The van der Waals surface area contributed by atoms with Crippen LogP contribution < -0.4 is 5.32 Å². The number of anilines is 1. The molecule has 1 aromatic rings. The molecular formula is C15H18BrNO3. The number of rotatable bonds is 3. The predicted octanol–water partition coefficient (Wildman–Crippen LogP) is 3.36. The van der Waals surface area contributed by atoms with Crippen molar-refractivity contribution in [2.75, 3.05) is 5.32 Å². The first-order chi connectivity index (χ1) is 9.16. The Hall–Kier alpha value is -1.36. The van der Waals surface area contributed by atoms with Crippen molar-refractivity contribution in [3.63, 3.8) is 0 Å². The number of halogens is 1. The lowest BCUT2D eigenvalue weighted by molar-refractivity contribution is -0.140. The molecule has 108 valence electrons. The van der Waals surface area contributed by atoms with Gasteiger partial charge >= 0.3 is 5.97 Å². The van der Waals surface area contributed by atoms with E-state index in [0.717, 1.165) is 21.3 Å². The summed E-state index contributed by atoms with van der Waals surface area (Å²) in [5.41, 5.74) is 2.20. The Morgan fingerprint density at radius 1 is 1.20 bits per heavy atom. The third kappa shape index (κ3) is 2.46. The van der Waals surface area contributed by atoms with Crippen molar-refractivity contribution in [3.8, 4) is 0 Å². The van der Waals surface area contributed by atoms with Crippen LogP contribution in [0.5, 0.6) is 0 Å². The zero-order chi connectivity index (χ0) is 15.2. The summed E-state index contributed by atoms with van der Waals surface area (Å²) < 4.78 is 0.959. The molecule has 0 spiro atoms. The van der Waals surface area contributed by atoms with Gasteiger partial charge in [-0.15, -0.1) is 0 Å². The van der Waals surface area contributed by atoms with Crippen molar-refractivity contribution in [1.29, 1.82) is 0 Å². The molecule has 0 aliphatic heterocycles. The second-order valence-electron chi connectivity index (χ2n) is 6.02. The molecule has 0 radical (unpaired) electrons. The highest BCUT2D eigenvalue weighted by molar-refractivity contribution is 9.10. The first-order valence-electron chi connectivity index (χ1n) is 6.46. The Labute approximate surface area is 126 Å². The van der Waals surface area contributed by atoms with Crippen molar-refractivity contribution >= 4 is 33.5 Å². The molecule has 1 aliphatic rings. The predicted molar refractivity (Wildman–Crippen MR) is 80.6 cm³/mol. The lowest BCUT2D eigenvalue weighted by atomic mass is 10.1. The van der Waals surface area contributed by atoms with E-state index in [1.807, 2.05) is 39.8 Å². The Morgan fingerprint density at radius 2 is 1.70 bits per heavy atom. The van der Waals surface area contributed by atoms with Crippen LogP contribution in [0, 0.1) is 31.1 Å². The summed E-state index contributed by atoms with van der Waals surface area (Å²) in [6.07, 6.45) is 0. The molecule has 0 heterocycles. The van der Waals surface area contributed by atoms with Gasteiger partial charge in [-0.1, -0.05) is 29.8 Å². The maximum Gasteiger partial charge on any atom is 0.307 e. The van der Waals surface area contributed by atoms with Crippen LogP contribution in [-0.4, -0.2) is 17.0 Å². The van der Waals surface area contributed by atoms with Crippen LogP contribution in [0.3, 0.4) is 0 Å². The SMILES string of the molecule is Cc1cc(Br)cc(C)c1NC(=O)[C@H]1[C@@H](C(=O)O)C1(C)C. The highest BCUT2D eigenvalue weighted by Crippen LogP contribution is 2.58. The summed E-state index contributed by atoms with van der Waals surface area (Å²) in [6.45, 7) is 7.47. The highest BCUT2D eigenvalue weighted by atomic mass is 79.9. The van der Waals surface area contributed by atoms with E-state index in [4.69, 9.17) is 5.11 Å². The van der Waals surface area contributed by atoms with Crippen molar-refractivity contribution in [2.24, 2.45) is 17.3 Å². The third-order valence-corrected chi connectivity index (χ3v) is 4.58. The van der Waals surface area contributed by atoms with E-state index < -0.39 is 23.2 Å². The van der Waals surface area contributed by atoms with Gasteiger partial charge in [-0.3, -0.25) is 9.59 Å². The van der Waals surface area contributed by atoms with Gasteiger partial charge in [-0.2, -0.15) is 0 Å². The van der Waals surface area contributed by atoms with E-state index in [0.29, 0.717) is 0 Å². The Bertz CT molecular complexity index is 572. The second-order valence-corrected chi connectivity index (χ2v) is 6.93. The van der Waals surface area contributed by atoms with Crippen molar-refractivity contribution in [2.45, 2.75) is 27.7 Å². The van der Waals surface area contributed by atoms with E-state index >= 15 is 0 Å². The normalized spacial score (nSPS) is 23.2. The fourth-order valence-corrected chi connectivity index (χ4v) is 3.58. The van der Waals surface area contributed by atoms with Crippen LogP contribution in [0.2, 0.25) is 0 Å². The van der Waals surface area contributed by atoms with Gasteiger partial charge in [0.15, 0.2) is 0 Å². The van der Waals surface area contributed by atoms with Gasteiger partial charge in [-0.25, -0.2) is 0 Å². The Balaban J connectivity index is 2.20. The lowest BCUT2D eigenvalue weighted by Gasteiger charge is -2.13. The molecule has 0 bridgehead atoms. The molecule has 2 atom stereocenters. The average Bonchev–Trinajstić information content (AvgIpc) is 2.86. The minimum Gasteiger partial charge on any atom is -0.481 e. The zero-order valence-corrected chi connectivity index (χ0v) is 13.5. The number of carbonyl (C=O) groups is 2. The van der Waals surface area contributed by atoms with E-state index in [2.05, 4.69) is 21.2 Å². The monoisotopic (exact) mass is 339 g/mol. The second kappa shape index (κ2) is 4.88. The van der Waals surface area contributed by atoms with Gasteiger partial charge < -0.3 is 10.4 Å². The lowest BCUT2D eigenvalue weighted by Crippen LogP contribution is -2.19. The fourth-order valence-electron chi connectivity index (χ4n) is 2.90. The largest absolute Gasteiger partial charge is 0.481 e. The molecular weight excluding hydrogens is 322 g/mol. The Kier molecular flexibility index (Phi) is 3.67. The van der Waals surface area contributed by atoms with Gasteiger partial charge in [0.1, 0.15) is 0 Å². The van der Waals surface area contributed by atoms with Gasteiger partial charge in [0.25, 0.3) is 0 Å². The quantitative estimate of drug-likeness (QED) is 0.887.